The first-order chi connectivity index (χ1) is 8.15. The van der Waals surface area contributed by atoms with E-state index in [0.717, 1.165) is 0 Å². The monoisotopic (exact) mass is 277 g/mol. The maximum absolute atomic E-state index is 11.5. The summed E-state index contributed by atoms with van der Waals surface area (Å²) < 4.78 is 5.12. The van der Waals surface area contributed by atoms with Crippen LogP contribution in [0.15, 0.2) is 6.33 Å². The molecule has 1 amide bonds. The molecule has 1 heterocycles. The second-order valence-corrected chi connectivity index (χ2v) is 3.89. The second-order valence-electron chi connectivity index (χ2n) is 3.18. The Morgan fingerprint density at radius 2 is 2.06 bits per heavy atom. The molecule has 0 radical (unpaired) electrons. The van der Waals surface area contributed by atoms with Crippen LogP contribution in [0, 0.1) is 0 Å². The Bertz CT molecular complexity index is 368. The summed E-state index contributed by atoms with van der Waals surface area (Å²) >= 11 is 11.6. The van der Waals surface area contributed by atoms with Crippen molar-refractivity contribution >= 4 is 34.8 Å². The number of carbonyl (C=O) groups excluding carboxylic acids is 1. The highest BCUT2D eigenvalue weighted by atomic mass is 35.5. The van der Waals surface area contributed by atoms with Gasteiger partial charge in [0.2, 0.25) is 5.91 Å². The van der Waals surface area contributed by atoms with E-state index in [0.29, 0.717) is 26.1 Å². The van der Waals surface area contributed by atoms with E-state index in [9.17, 15) is 4.79 Å². The van der Waals surface area contributed by atoms with Crippen LogP contribution < -0.4 is 5.32 Å². The van der Waals surface area contributed by atoms with Crippen LogP contribution in [0.3, 0.4) is 0 Å². The van der Waals surface area contributed by atoms with E-state index in [-0.39, 0.29) is 21.9 Å². The lowest BCUT2D eigenvalue weighted by Gasteiger charge is -2.07. The van der Waals surface area contributed by atoms with Gasteiger partial charge in [0.1, 0.15) is 12.0 Å². The highest BCUT2D eigenvalue weighted by molar-refractivity contribution is 6.38. The van der Waals surface area contributed by atoms with Gasteiger partial charge < -0.3 is 10.1 Å². The number of nitrogens with one attached hydrogen (secondary N) is 1. The van der Waals surface area contributed by atoms with E-state index in [1.807, 2.05) is 6.92 Å². The molecule has 0 spiro atoms. The van der Waals surface area contributed by atoms with Crippen LogP contribution >= 0.6 is 23.2 Å². The van der Waals surface area contributed by atoms with Crippen LogP contribution in [0.5, 0.6) is 0 Å². The lowest BCUT2D eigenvalue weighted by atomic mass is 10.3. The minimum Gasteiger partial charge on any atom is -0.382 e. The number of ether oxygens (including phenoxy) is 1. The molecule has 5 nitrogen and oxygen atoms in total. The normalized spacial score (nSPS) is 10.3. The summed E-state index contributed by atoms with van der Waals surface area (Å²) in [5.74, 6) is -0.191. The minimum atomic E-state index is -0.191. The van der Waals surface area contributed by atoms with Crippen molar-refractivity contribution in [2.45, 2.75) is 19.8 Å². The van der Waals surface area contributed by atoms with Crippen LogP contribution in [0.4, 0.5) is 5.69 Å². The number of amides is 1. The molecule has 0 atom stereocenters. The molecular formula is C10H13Cl2N3O2. The third-order valence-electron chi connectivity index (χ3n) is 1.92. The summed E-state index contributed by atoms with van der Waals surface area (Å²) in [5.41, 5.74) is 0.247. The summed E-state index contributed by atoms with van der Waals surface area (Å²) in [7, 11) is 0. The van der Waals surface area contributed by atoms with Crippen LogP contribution in [0.1, 0.15) is 19.8 Å². The summed E-state index contributed by atoms with van der Waals surface area (Å²) in [5, 5.41) is 2.83. The van der Waals surface area contributed by atoms with Crippen molar-refractivity contribution in [1.82, 2.24) is 9.97 Å². The molecule has 0 unspecified atom stereocenters. The van der Waals surface area contributed by atoms with E-state index in [1.54, 1.807) is 0 Å². The molecule has 0 aromatic carbocycles. The Morgan fingerprint density at radius 1 is 1.41 bits per heavy atom. The number of rotatable bonds is 6. The summed E-state index contributed by atoms with van der Waals surface area (Å²) in [4.78, 5) is 19.0. The fraction of sp³-hybridized carbons (Fsp3) is 0.500. The predicted octanol–water partition coefficient (Wildman–Crippen LogP) is 2.54. The van der Waals surface area contributed by atoms with Crippen molar-refractivity contribution in [3.63, 3.8) is 0 Å². The van der Waals surface area contributed by atoms with Crippen LogP contribution in [0.2, 0.25) is 10.3 Å². The van der Waals surface area contributed by atoms with Gasteiger partial charge in [-0.1, -0.05) is 23.2 Å². The molecular weight excluding hydrogens is 265 g/mol. The number of carbonyl (C=O) groups is 1. The molecule has 7 heteroatoms. The van der Waals surface area contributed by atoms with Crippen LogP contribution in [-0.4, -0.2) is 29.1 Å². The zero-order valence-corrected chi connectivity index (χ0v) is 10.9. The van der Waals surface area contributed by atoms with Crippen LogP contribution in [-0.2, 0) is 9.53 Å². The van der Waals surface area contributed by atoms with Crippen molar-refractivity contribution in [3.8, 4) is 0 Å². The molecule has 1 aromatic rings. The Balaban J connectivity index is 2.45. The Hall–Kier alpha value is -0.910. The fourth-order valence-corrected chi connectivity index (χ4v) is 1.54. The number of aromatic nitrogens is 2. The first kappa shape index (κ1) is 14.2. The van der Waals surface area contributed by atoms with E-state index in [2.05, 4.69) is 15.3 Å². The van der Waals surface area contributed by atoms with Gasteiger partial charge in [0.15, 0.2) is 10.3 Å². The molecule has 0 aliphatic rings. The van der Waals surface area contributed by atoms with Gasteiger partial charge in [0.25, 0.3) is 0 Å². The van der Waals surface area contributed by atoms with Crippen molar-refractivity contribution in [1.29, 1.82) is 0 Å². The standard InChI is InChI=1S/C10H13Cl2N3O2/c1-2-17-5-3-4-7(16)15-8-9(11)13-6-14-10(8)12/h6H,2-5H2,1H3,(H,15,16). The average Bonchev–Trinajstić information content (AvgIpc) is 2.30. The molecule has 1 aromatic heterocycles. The SMILES string of the molecule is CCOCCCC(=O)Nc1c(Cl)ncnc1Cl. The quantitative estimate of drug-likeness (QED) is 0.641. The molecule has 0 saturated carbocycles. The molecule has 17 heavy (non-hydrogen) atoms. The Kier molecular flexibility index (Phi) is 6.18. The van der Waals surface area contributed by atoms with Gasteiger partial charge in [0, 0.05) is 19.6 Å². The van der Waals surface area contributed by atoms with Crippen molar-refractivity contribution in [2.75, 3.05) is 18.5 Å². The third-order valence-corrected chi connectivity index (χ3v) is 2.49. The Morgan fingerprint density at radius 3 is 2.65 bits per heavy atom. The number of hydrogen-bond donors (Lipinski definition) is 1. The molecule has 94 valence electrons. The van der Waals surface area contributed by atoms with Gasteiger partial charge >= 0.3 is 0 Å². The van der Waals surface area contributed by atoms with E-state index >= 15 is 0 Å². The zero-order valence-electron chi connectivity index (χ0n) is 9.37. The van der Waals surface area contributed by atoms with Crippen molar-refractivity contribution in [3.05, 3.63) is 16.6 Å². The topological polar surface area (TPSA) is 64.1 Å². The minimum absolute atomic E-state index is 0.128. The lowest BCUT2D eigenvalue weighted by molar-refractivity contribution is -0.116. The number of anilines is 1. The summed E-state index contributed by atoms with van der Waals surface area (Å²) in [6.07, 6.45) is 2.21. The van der Waals surface area contributed by atoms with Crippen LogP contribution in [0.25, 0.3) is 0 Å². The van der Waals surface area contributed by atoms with Gasteiger partial charge in [-0.2, -0.15) is 0 Å². The third kappa shape index (κ3) is 4.85. The zero-order chi connectivity index (χ0) is 12.7. The van der Waals surface area contributed by atoms with Crippen molar-refractivity contribution in [2.24, 2.45) is 0 Å². The van der Waals surface area contributed by atoms with E-state index < -0.39 is 0 Å². The largest absolute Gasteiger partial charge is 0.382 e. The number of hydrogen-bond acceptors (Lipinski definition) is 4. The molecule has 0 fully saturated rings. The molecule has 0 aliphatic heterocycles. The second kappa shape index (κ2) is 7.42. The lowest BCUT2D eigenvalue weighted by Crippen LogP contribution is -2.13. The smallest absolute Gasteiger partial charge is 0.224 e. The van der Waals surface area contributed by atoms with Gasteiger partial charge in [-0.05, 0) is 13.3 Å². The predicted molar refractivity (Wildman–Crippen MR) is 66.4 cm³/mol. The highest BCUT2D eigenvalue weighted by Crippen LogP contribution is 2.25. The fourth-order valence-electron chi connectivity index (χ4n) is 1.13. The number of halogens is 2. The summed E-state index contributed by atoms with van der Waals surface area (Å²) in [6.45, 7) is 3.10. The Labute approximate surface area is 109 Å². The van der Waals surface area contributed by atoms with Gasteiger partial charge in [-0.3, -0.25) is 4.79 Å². The maximum atomic E-state index is 11.5. The first-order valence-electron chi connectivity index (χ1n) is 5.18. The highest BCUT2D eigenvalue weighted by Gasteiger charge is 2.11. The number of nitrogens with zero attached hydrogens (tertiary/aromatic N) is 2. The maximum Gasteiger partial charge on any atom is 0.224 e. The molecule has 0 aliphatic carbocycles. The van der Waals surface area contributed by atoms with E-state index in [1.165, 1.54) is 6.33 Å². The first-order valence-corrected chi connectivity index (χ1v) is 5.94. The van der Waals surface area contributed by atoms with E-state index in [4.69, 9.17) is 27.9 Å². The van der Waals surface area contributed by atoms with Gasteiger partial charge in [-0.25, -0.2) is 9.97 Å². The molecule has 1 N–H and O–H groups in total. The molecule has 1 rings (SSSR count). The summed E-state index contributed by atoms with van der Waals surface area (Å²) in [6, 6.07) is 0. The average molecular weight is 278 g/mol. The van der Waals surface area contributed by atoms with Crippen molar-refractivity contribution < 1.29 is 9.53 Å². The molecule has 0 bridgehead atoms. The van der Waals surface area contributed by atoms with Gasteiger partial charge in [-0.15, -0.1) is 0 Å². The molecule has 0 saturated heterocycles. The van der Waals surface area contributed by atoms with Gasteiger partial charge in [0.05, 0.1) is 0 Å².